The highest BCUT2D eigenvalue weighted by Gasteiger charge is 2.23. The van der Waals surface area contributed by atoms with Gasteiger partial charge < -0.3 is 14.4 Å². The van der Waals surface area contributed by atoms with E-state index in [2.05, 4.69) is 4.98 Å². The van der Waals surface area contributed by atoms with Crippen LogP contribution in [0.25, 0.3) is 26.3 Å². The van der Waals surface area contributed by atoms with E-state index in [0.717, 1.165) is 29.8 Å². The summed E-state index contributed by atoms with van der Waals surface area (Å²) < 4.78 is 13.7. The lowest BCUT2D eigenvalue weighted by atomic mass is 10.2. The summed E-state index contributed by atoms with van der Waals surface area (Å²) in [6.07, 6.45) is 4.97. The molecule has 0 radical (unpaired) electrons. The molecule has 2 aromatic heterocycles. The molecule has 0 spiro atoms. The molecule has 1 atom stereocenters. The Morgan fingerprint density at radius 2 is 2.03 bits per heavy atom. The second-order valence-electron chi connectivity index (χ2n) is 8.06. The molecule has 3 heterocycles. The predicted molar refractivity (Wildman–Crippen MR) is 136 cm³/mol. The smallest absolute Gasteiger partial charge is 0.275 e. The molecule has 0 saturated carbocycles. The Labute approximate surface area is 205 Å². The molecular weight excluding hydrogens is 472 g/mol. The summed E-state index contributed by atoms with van der Waals surface area (Å²) in [6, 6.07) is 15.0. The molecule has 4 aromatic rings. The maximum Gasteiger partial charge on any atom is 0.275 e. The molecule has 0 unspecified atom stereocenters. The molecule has 0 amide bonds. The van der Waals surface area contributed by atoms with Crippen molar-refractivity contribution in [3.05, 3.63) is 70.2 Å². The van der Waals surface area contributed by atoms with Gasteiger partial charge in [-0.15, -0.1) is 11.3 Å². The van der Waals surface area contributed by atoms with E-state index in [4.69, 9.17) is 26.5 Å². The zero-order chi connectivity index (χ0) is 23.7. The summed E-state index contributed by atoms with van der Waals surface area (Å²) in [4.78, 5) is 20.8. The maximum atomic E-state index is 13.3. The van der Waals surface area contributed by atoms with Gasteiger partial charge in [0, 0.05) is 22.5 Å². The molecule has 1 fully saturated rings. The van der Waals surface area contributed by atoms with E-state index in [1.54, 1.807) is 19.5 Å². The van der Waals surface area contributed by atoms with Gasteiger partial charge in [0.25, 0.3) is 5.56 Å². The topological polar surface area (TPSA) is 80.4 Å². The first-order valence-electron chi connectivity index (χ1n) is 10.9. The average molecular weight is 495 g/mol. The van der Waals surface area contributed by atoms with Crippen LogP contribution in [0.3, 0.4) is 0 Å². The van der Waals surface area contributed by atoms with Crippen molar-refractivity contribution in [3.8, 4) is 27.6 Å². The van der Waals surface area contributed by atoms with E-state index < -0.39 is 0 Å². The fraction of sp³-hybridized carbons (Fsp3) is 0.240. The molecular formula is C25H23ClN4O3S. The lowest BCUT2D eigenvalue weighted by Gasteiger charge is -2.22. The highest BCUT2D eigenvalue weighted by Crippen LogP contribution is 2.33. The number of nitrogens with zero attached hydrogens (tertiary/aromatic N) is 3. The molecule has 174 valence electrons. The van der Waals surface area contributed by atoms with Crippen LogP contribution in [0.5, 0.6) is 11.5 Å². The number of aromatic nitrogens is 2. The summed E-state index contributed by atoms with van der Waals surface area (Å²) >= 11 is 7.41. The molecule has 7 nitrogen and oxygen atoms in total. The average Bonchev–Trinajstić information content (AvgIpc) is 3.50. The second kappa shape index (κ2) is 9.48. The van der Waals surface area contributed by atoms with Gasteiger partial charge in [0.15, 0.2) is 11.5 Å². The Morgan fingerprint density at radius 1 is 1.21 bits per heavy atom. The number of likely N-dealkylation sites (tertiary alicyclic amines) is 1. The molecule has 1 saturated heterocycles. The van der Waals surface area contributed by atoms with Crippen LogP contribution in [0, 0.1) is 5.41 Å². The van der Waals surface area contributed by atoms with Crippen LogP contribution in [-0.4, -0.2) is 47.1 Å². The summed E-state index contributed by atoms with van der Waals surface area (Å²) in [5.74, 6) is 1.14. The van der Waals surface area contributed by atoms with Gasteiger partial charge in [0.2, 0.25) is 0 Å². The number of thiophene rings is 1. The fourth-order valence-electron chi connectivity index (χ4n) is 4.17. The van der Waals surface area contributed by atoms with Crippen LogP contribution in [0.4, 0.5) is 0 Å². The minimum absolute atomic E-state index is 0.140. The van der Waals surface area contributed by atoms with Crippen LogP contribution in [-0.2, 0) is 0 Å². The largest absolute Gasteiger partial charge is 0.493 e. The van der Waals surface area contributed by atoms with E-state index in [0.29, 0.717) is 39.0 Å². The number of hydrogen-bond donors (Lipinski definition) is 1. The molecule has 9 heteroatoms. The molecule has 0 bridgehead atoms. The van der Waals surface area contributed by atoms with Crippen molar-refractivity contribution in [2.24, 2.45) is 0 Å². The van der Waals surface area contributed by atoms with Crippen LogP contribution in [0.1, 0.15) is 12.8 Å². The predicted octanol–water partition coefficient (Wildman–Crippen LogP) is 5.23. The summed E-state index contributed by atoms with van der Waals surface area (Å²) in [7, 11) is 1.58. The fourth-order valence-corrected chi connectivity index (χ4v) is 5.34. The Hall–Kier alpha value is -3.36. The van der Waals surface area contributed by atoms with Gasteiger partial charge >= 0.3 is 0 Å². The molecule has 34 heavy (non-hydrogen) atoms. The van der Waals surface area contributed by atoms with Crippen molar-refractivity contribution in [2.75, 3.05) is 20.3 Å². The Morgan fingerprint density at radius 3 is 2.79 bits per heavy atom. The van der Waals surface area contributed by atoms with Gasteiger partial charge in [-0.3, -0.25) is 14.8 Å². The number of nitrogens with one attached hydrogen (secondary N) is 1. The molecule has 2 aromatic carbocycles. The number of hydrogen-bond acceptors (Lipinski definition) is 6. The standard InChI is InChI=1S/C25H23ClN4O3S/c1-32-22-11-18(8-9-21(22)33-13-19-3-2-10-29(19)14-27)30-15-28-20-12-23(34-24(20)25(30)31)16-4-6-17(26)7-5-16/h4-9,11-12,14-15,19,27H,2-3,10,13H2,1H3/t19-/m0/s1. The molecule has 1 aliphatic rings. The van der Waals surface area contributed by atoms with Crippen LogP contribution < -0.4 is 15.0 Å². The molecule has 0 aliphatic carbocycles. The highest BCUT2D eigenvalue weighted by molar-refractivity contribution is 7.22. The van der Waals surface area contributed by atoms with Crippen molar-refractivity contribution >= 4 is 39.5 Å². The summed E-state index contributed by atoms with van der Waals surface area (Å²) in [5.41, 5.74) is 2.16. The van der Waals surface area contributed by atoms with E-state index in [9.17, 15) is 4.79 Å². The summed E-state index contributed by atoms with van der Waals surface area (Å²) in [5, 5.41) is 8.20. The van der Waals surface area contributed by atoms with Gasteiger partial charge in [-0.25, -0.2) is 4.98 Å². The minimum atomic E-state index is -0.140. The van der Waals surface area contributed by atoms with Crippen molar-refractivity contribution in [3.63, 3.8) is 0 Å². The zero-order valence-corrected chi connectivity index (χ0v) is 20.1. The van der Waals surface area contributed by atoms with Gasteiger partial charge in [0.1, 0.15) is 17.6 Å². The first kappa shape index (κ1) is 22.4. The van der Waals surface area contributed by atoms with E-state index >= 15 is 0 Å². The molecule has 1 aliphatic heterocycles. The van der Waals surface area contributed by atoms with Gasteiger partial charge in [0.05, 0.1) is 30.7 Å². The third-order valence-corrected chi connectivity index (χ3v) is 7.42. The van der Waals surface area contributed by atoms with Gasteiger partial charge in [-0.05, 0) is 48.7 Å². The second-order valence-corrected chi connectivity index (χ2v) is 9.55. The maximum absolute atomic E-state index is 13.3. The quantitative estimate of drug-likeness (QED) is 0.281. The lowest BCUT2D eigenvalue weighted by Crippen LogP contribution is -2.32. The zero-order valence-electron chi connectivity index (χ0n) is 18.5. The first-order chi connectivity index (χ1) is 16.6. The molecule has 5 rings (SSSR count). The Balaban J connectivity index is 1.43. The van der Waals surface area contributed by atoms with E-state index in [1.165, 1.54) is 22.2 Å². The number of ether oxygens (including phenoxy) is 2. The van der Waals surface area contributed by atoms with Gasteiger partial charge in [-0.1, -0.05) is 23.7 Å². The SMILES string of the molecule is COc1cc(-n2cnc3cc(-c4ccc(Cl)cc4)sc3c2=O)ccc1OC[C@@H]1CCCN1C=N. The third-order valence-electron chi connectivity index (χ3n) is 6.01. The van der Waals surface area contributed by atoms with E-state index in [1.807, 2.05) is 47.4 Å². The third kappa shape index (κ3) is 4.26. The van der Waals surface area contributed by atoms with Crippen LogP contribution in [0.2, 0.25) is 5.02 Å². The lowest BCUT2D eigenvalue weighted by molar-refractivity contribution is 0.222. The van der Waals surface area contributed by atoms with E-state index in [-0.39, 0.29) is 11.6 Å². The van der Waals surface area contributed by atoms with Crippen LogP contribution >= 0.6 is 22.9 Å². The summed E-state index contributed by atoms with van der Waals surface area (Å²) in [6.45, 7) is 1.36. The number of fused-ring (bicyclic) bond motifs is 1. The molecule has 1 N–H and O–H groups in total. The van der Waals surface area contributed by atoms with Crippen molar-refractivity contribution in [1.82, 2.24) is 14.5 Å². The minimum Gasteiger partial charge on any atom is -0.493 e. The van der Waals surface area contributed by atoms with Crippen molar-refractivity contribution < 1.29 is 9.47 Å². The number of halogens is 1. The Bertz CT molecular complexity index is 1400. The van der Waals surface area contributed by atoms with Gasteiger partial charge in [-0.2, -0.15) is 0 Å². The Kier molecular flexibility index (Phi) is 6.26. The highest BCUT2D eigenvalue weighted by atomic mass is 35.5. The number of methoxy groups -OCH3 is 1. The first-order valence-corrected chi connectivity index (χ1v) is 12.1. The number of benzene rings is 2. The number of rotatable bonds is 7. The van der Waals surface area contributed by atoms with Crippen molar-refractivity contribution in [2.45, 2.75) is 18.9 Å². The normalized spacial score (nSPS) is 15.6. The van der Waals surface area contributed by atoms with Crippen molar-refractivity contribution in [1.29, 1.82) is 5.41 Å². The van der Waals surface area contributed by atoms with Crippen LogP contribution in [0.15, 0.2) is 59.7 Å². The monoisotopic (exact) mass is 494 g/mol.